The van der Waals surface area contributed by atoms with E-state index in [1.54, 1.807) is 0 Å². The smallest absolute Gasteiger partial charge is 0.213 e. The topological polar surface area (TPSA) is 54.8 Å². The van der Waals surface area contributed by atoms with Crippen molar-refractivity contribution in [2.75, 3.05) is 39.5 Å². The molecular formula is C26H30N2O3. The molecule has 162 valence electrons. The van der Waals surface area contributed by atoms with Crippen molar-refractivity contribution in [3.8, 4) is 17.7 Å². The molecule has 0 aliphatic carbocycles. The highest BCUT2D eigenvalue weighted by atomic mass is 16.5. The summed E-state index contributed by atoms with van der Waals surface area (Å²) in [6.45, 7) is 5.01. The SMILES string of the molecule is OC1(C#Cc2ccc(OCC3CCOC3)nc2Cc2ccccc2)CN2CCC1CC2. The van der Waals surface area contributed by atoms with E-state index in [1.807, 2.05) is 30.3 Å². The quantitative estimate of drug-likeness (QED) is 0.757. The lowest BCUT2D eigenvalue weighted by atomic mass is 9.75. The summed E-state index contributed by atoms with van der Waals surface area (Å²) in [5.41, 5.74) is 2.02. The van der Waals surface area contributed by atoms with Crippen LogP contribution in [0.3, 0.4) is 0 Å². The van der Waals surface area contributed by atoms with Crippen molar-refractivity contribution in [2.45, 2.75) is 31.3 Å². The summed E-state index contributed by atoms with van der Waals surface area (Å²) in [5, 5.41) is 11.2. The van der Waals surface area contributed by atoms with Gasteiger partial charge in [-0.3, -0.25) is 4.90 Å². The monoisotopic (exact) mass is 418 g/mol. The maximum Gasteiger partial charge on any atom is 0.213 e. The van der Waals surface area contributed by atoms with Crippen molar-refractivity contribution in [1.82, 2.24) is 9.88 Å². The van der Waals surface area contributed by atoms with Crippen molar-refractivity contribution in [3.63, 3.8) is 0 Å². The minimum Gasteiger partial charge on any atom is -0.477 e. The minimum atomic E-state index is -0.918. The van der Waals surface area contributed by atoms with Crippen molar-refractivity contribution >= 4 is 0 Å². The Morgan fingerprint density at radius 2 is 1.97 bits per heavy atom. The highest BCUT2D eigenvalue weighted by molar-refractivity contribution is 5.44. The van der Waals surface area contributed by atoms with Crippen molar-refractivity contribution in [2.24, 2.45) is 11.8 Å². The first-order valence-corrected chi connectivity index (χ1v) is 11.4. The molecule has 5 nitrogen and oxygen atoms in total. The summed E-state index contributed by atoms with van der Waals surface area (Å²) in [4.78, 5) is 7.13. The molecule has 31 heavy (non-hydrogen) atoms. The fourth-order valence-corrected chi connectivity index (χ4v) is 4.87. The number of aliphatic hydroxyl groups is 1. The second-order valence-corrected chi connectivity index (χ2v) is 9.07. The molecule has 1 N–H and O–H groups in total. The van der Waals surface area contributed by atoms with E-state index in [0.717, 1.165) is 56.8 Å². The van der Waals surface area contributed by atoms with E-state index in [2.05, 4.69) is 28.9 Å². The largest absolute Gasteiger partial charge is 0.477 e. The second-order valence-electron chi connectivity index (χ2n) is 9.07. The van der Waals surface area contributed by atoms with Crippen LogP contribution in [0.2, 0.25) is 0 Å². The van der Waals surface area contributed by atoms with Gasteiger partial charge < -0.3 is 14.6 Å². The molecule has 4 aliphatic rings. The molecule has 5 heterocycles. The van der Waals surface area contributed by atoms with Crippen LogP contribution in [-0.4, -0.2) is 60.0 Å². The number of nitrogens with zero attached hydrogens (tertiary/aromatic N) is 2. The van der Waals surface area contributed by atoms with Crippen molar-refractivity contribution < 1.29 is 14.6 Å². The van der Waals surface area contributed by atoms with Crippen LogP contribution in [0.15, 0.2) is 42.5 Å². The van der Waals surface area contributed by atoms with Crippen LogP contribution in [0.4, 0.5) is 0 Å². The van der Waals surface area contributed by atoms with Gasteiger partial charge in [0.05, 0.1) is 18.9 Å². The lowest BCUT2D eigenvalue weighted by Crippen LogP contribution is -2.58. The van der Waals surface area contributed by atoms with Crippen LogP contribution in [0.25, 0.3) is 0 Å². The first-order chi connectivity index (χ1) is 15.2. The Morgan fingerprint density at radius 1 is 1.13 bits per heavy atom. The normalized spacial score (nSPS) is 29.4. The zero-order chi connectivity index (χ0) is 21.1. The Kier molecular flexibility index (Phi) is 5.95. The number of piperidine rings is 3. The number of fused-ring (bicyclic) bond motifs is 3. The van der Waals surface area contributed by atoms with Crippen LogP contribution in [0.1, 0.15) is 36.1 Å². The standard InChI is InChI=1S/C26H30N2O3/c29-26(19-28-13-9-23(26)10-14-28)12-8-22-6-7-25(31-18-21-11-15-30-17-21)27-24(22)16-20-4-2-1-3-5-20/h1-7,21,23,29H,9-11,13-19H2. The van der Waals surface area contributed by atoms with Crippen molar-refractivity contribution in [3.05, 3.63) is 59.3 Å². The number of benzene rings is 1. The summed E-state index contributed by atoms with van der Waals surface area (Å²) < 4.78 is 11.4. The van der Waals surface area contributed by atoms with Gasteiger partial charge in [-0.25, -0.2) is 4.98 Å². The summed E-state index contributed by atoms with van der Waals surface area (Å²) in [5.74, 6) is 7.86. The third kappa shape index (κ3) is 4.77. The van der Waals surface area contributed by atoms with Gasteiger partial charge in [0.25, 0.3) is 0 Å². The van der Waals surface area contributed by atoms with Gasteiger partial charge in [0.15, 0.2) is 0 Å². The number of pyridine rings is 1. The molecule has 2 unspecified atom stereocenters. The molecule has 6 rings (SSSR count). The third-order valence-corrected chi connectivity index (χ3v) is 6.80. The Morgan fingerprint density at radius 3 is 2.68 bits per heavy atom. The lowest BCUT2D eigenvalue weighted by molar-refractivity contribution is -0.0713. The van der Waals surface area contributed by atoms with Crippen LogP contribution < -0.4 is 4.74 Å². The van der Waals surface area contributed by atoms with E-state index in [-0.39, 0.29) is 5.92 Å². The zero-order valence-corrected chi connectivity index (χ0v) is 17.9. The molecule has 0 radical (unpaired) electrons. The molecule has 1 aromatic carbocycles. The summed E-state index contributed by atoms with van der Waals surface area (Å²) in [6, 6.07) is 14.2. The maximum atomic E-state index is 11.2. The molecule has 2 aromatic rings. The highest BCUT2D eigenvalue weighted by Gasteiger charge is 2.44. The number of hydrogen-bond donors (Lipinski definition) is 1. The molecule has 2 bridgehead atoms. The van der Waals surface area contributed by atoms with Crippen molar-refractivity contribution in [1.29, 1.82) is 0 Å². The van der Waals surface area contributed by atoms with E-state index < -0.39 is 5.60 Å². The molecule has 4 fully saturated rings. The average Bonchev–Trinajstić information content (AvgIpc) is 3.32. The van der Waals surface area contributed by atoms with Gasteiger partial charge in [0.2, 0.25) is 5.88 Å². The van der Waals surface area contributed by atoms with Crippen LogP contribution in [0.5, 0.6) is 5.88 Å². The molecule has 0 saturated carbocycles. The molecule has 5 heteroatoms. The van der Waals surface area contributed by atoms with Gasteiger partial charge in [0.1, 0.15) is 5.60 Å². The summed E-state index contributed by atoms with van der Waals surface area (Å²) in [6.07, 6.45) is 3.77. The van der Waals surface area contributed by atoms with E-state index in [1.165, 1.54) is 5.56 Å². The van der Waals surface area contributed by atoms with E-state index in [0.29, 0.717) is 31.4 Å². The minimum absolute atomic E-state index is 0.270. The van der Waals surface area contributed by atoms with Gasteiger partial charge in [-0.2, -0.15) is 0 Å². The van der Waals surface area contributed by atoms with Crippen LogP contribution in [0, 0.1) is 23.7 Å². The summed E-state index contributed by atoms with van der Waals surface area (Å²) >= 11 is 0. The Balaban J connectivity index is 1.39. The van der Waals surface area contributed by atoms with Gasteiger partial charge in [0, 0.05) is 43.0 Å². The first kappa shape index (κ1) is 20.5. The van der Waals surface area contributed by atoms with Gasteiger partial charge in [-0.05, 0) is 44.0 Å². The molecule has 0 amide bonds. The predicted octanol–water partition coefficient (Wildman–Crippen LogP) is 2.90. The van der Waals surface area contributed by atoms with Gasteiger partial charge in [-0.15, -0.1) is 0 Å². The fourth-order valence-electron chi connectivity index (χ4n) is 4.87. The number of hydrogen-bond acceptors (Lipinski definition) is 5. The van der Waals surface area contributed by atoms with Crippen LogP contribution >= 0.6 is 0 Å². The fraction of sp³-hybridized carbons (Fsp3) is 0.500. The Bertz CT molecular complexity index is 954. The molecule has 4 aliphatic heterocycles. The zero-order valence-electron chi connectivity index (χ0n) is 17.9. The first-order valence-electron chi connectivity index (χ1n) is 11.4. The van der Waals surface area contributed by atoms with E-state index in [4.69, 9.17) is 14.5 Å². The number of rotatable bonds is 5. The molecular weight excluding hydrogens is 388 g/mol. The Labute approximate surface area is 184 Å². The van der Waals surface area contributed by atoms with Gasteiger partial charge >= 0.3 is 0 Å². The third-order valence-electron chi connectivity index (χ3n) is 6.80. The predicted molar refractivity (Wildman–Crippen MR) is 119 cm³/mol. The number of ether oxygens (including phenoxy) is 2. The van der Waals surface area contributed by atoms with E-state index in [9.17, 15) is 5.11 Å². The van der Waals surface area contributed by atoms with Gasteiger partial charge in [-0.1, -0.05) is 42.2 Å². The van der Waals surface area contributed by atoms with Crippen LogP contribution in [-0.2, 0) is 11.2 Å². The molecule has 0 spiro atoms. The highest BCUT2D eigenvalue weighted by Crippen LogP contribution is 2.35. The number of aromatic nitrogens is 1. The molecule has 1 aromatic heterocycles. The average molecular weight is 419 g/mol. The maximum absolute atomic E-state index is 11.2. The second kappa shape index (κ2) is 9.00. The molecule has 2 atom stereocenters. The lowest BCUT2D eigenvalue weighted by Gasteiger charge is -2.47. The summed E-state index contributed by atoms with van der Waals surface area (Å²) in [7, 11) is 0. The Hall–Kier alpha value is -2.39. The molecule has 4 saturated heterocycles. The van der Waals surface area contributed by atoms with E-state index >= 15 is 0 Å².